The second kappa shape index (κ2) is 6.10. The summed E-state index contributed by atoms with van der Waals surface area (Å²) in [7, 11) is 0. The van der Waals surface area contributed by atoms with Gasteiger partial charge in [-0.2, -0.15) is 5.10 Å². The van der Waals surface area contributed by atoms with Gasteiger partial charge in [-0.1, -0.05) is 35.9 Å². The molecule has 0 aliphatic heterocycles. The van der Waals surface area contributed by atoms with Crippen molar-refractivity contribution in [1.29, 1.82) is 0 Å². The molecule has 1 aliphatic rings. The van der Waals surface area contributed by atoms with Crippen LogP contribution in [0.15, 0.2) is 59.2 Å². The molecule has 2 aromatic rings. The average Bonchev–Trinajstić information content (AvgIpc) is 2.52. The van der Waals surface area contributed by atoms with Crippen LogP contribution < -0.4 is 5.43 Å². The number of aryl methyl sites for hydroxylation is 1. The Balaban J connectivity index is 1.76. The number of nitrogens with one attached hydrogen (secondary N) is 1. The molecule has 106 valence electrons. The van der Waals surface area contributed by atoms with Crippen molar-refractivity contribution in [3.63, 3.8) is 0 Å². The number of hydrazone groups is 1. The first-order valence-electron chi connectivity index (χ1n) is 6.75. The number of allylic oxidation sites excluding steroid dienone is 1. The summed E-state index contributed by atoms with van der Waals surface area (Å²) in [6.45, 7) is 0. The number of benzene rings is 2. The van der Waals surface area contributed by atoms with Gasteiger partial charge in [-0.05, 0) is 53.8 Å². The molecule has 21 heavy (non-hydrogen) atoms. The number of hydrogen-bond acceptors (Lipinski definition) is 2. The minimum atomic E-state index is -0.265. The first kappa shape index (κ1) is 13.8. The van der Waals surface area contributed by atoms with E-state index < -0.39 is 0 Å². The Bertz CT molecular complexity index is 705. The van der Waals surface area contributed by atoms with Crippen molar-refractivity contribution < 1.29 is 4.39 Å². The summed E-state index contributed by atoms with van der Waals surface area (Å²) in [5.74, 6) is -0.265. The van der Waals surface area contributed by atoms with Crippen LogP contribution in [-0.2, 0) is 6.42 Å². The molecule has 0 bridgehead atoms. The van der Waals surface area contributed by atoms with Gasteiger partial charge in [0.25, 0.3) is 0 Å². The molecule has 3 rings (SSSR count). The molecule has 0 saturated carbocycles. The third-order valence-corrected chi connectivity index (χ3v) is 3.90. The van der Waals surface area contributed by atoms with Gasteiger partial charge in [0.05, 0.1) is 16.9 Å². The predicted octanol–water partition coefficient (Wildman–Crippen LogP) is 4.82. The third kappa shape index (κ3) is 3.14. The Kier molecular flexibility index (Phi) is 4.02. The average molecular weight is 301 g/mol. The maximum atomic E-state index is 12.8. The van der Waals surface area contributed by atoms with E-state index in [1.54, 1.807) is 18.3 Å². The zero-order valence-corrected chi connectivity index (χ0v) is 12.1. The van der Waals surface area contributed by atoms with Crippen molar-refractivity contribution in [2.45, 2.75) is 12.8 Å². The minimum Gasteiger partial charge on any atom is -0.279 e. The van der Waals surface area contributed by atoms with Crippen molar-refractivity contribution in [2.75, 3.05) is 5.43 Å². The van der Waals surface area contributed by atoms with Gasteiger partial charge in [-0.25, -0.2) is 4.39 Å². The van der Waals surface area contributed by atoms with E-state index in [9.17, 15) is 4.39 Å². The molecule has 0 heterocycles. The van der Waals surface area contributed by atoms with Crippen molar-refractivity contribution in [3.05, 3.63) is 71.0 Å². The quantitative estimate of drug-likeness (QED) is 0.638. The largest absolute Gasteiger partial charge is 0.279 e. The SMILES string of the molecule is Fc1ccc(N/N=C\C2=C(Cl)c3ccccc3CC2)cc1. The van der Waals surface area contributed by atoms with E-state index in [2.05, 4.69) is 16.6 Å². The van der Waals surface area contributed by atoms with Gasteiger partial charge in [0.15, 0.2) is 0 Å². The van der Waals surface area contributed by atoms with E-state index in [0.29, 0.717) is 0 Å². The molecule has 0 saturated heterocycles. The molecule has 0 spiro atoms. The molecule has 0 aromatic heterocycles. The van der Waals surface area contributed by atoms with Crippen LogP contribution in [0, 0.1) is 5.82 Å². The highest BCUT2D eigenvalue weighted by molar-refractivity contribution is 6.50. The lowest BCUT2D eigenvalue weighted by molar-refractivity contribution is 0.628. The summed E-state index contributed by atoms with van der Waals surface area (Å²) >= 11 is 6.43. The van der Waals surface area contributed by atoms with E-state index in [4.69, 9.17) is 11.6 Å². The summed E-state index contributed by atoms with van der Waals surface area (Å²) in [5, 5.41) is 4.93. The van der Waals surface area contributed by atoms with Gasteiger partial charge in [-0.15, -0.1) is 0 Å². The highest BCUT2D eigenvalue weighted by Gasteiger charge is 2.15. The maximum Gasteiger partial charge on any atom is 0.123 e. The molecule has 0 atom stereocenters. The molecule has 0 amide bonds. The van der Waals surface area contributed by atoms with Crippen LogP contribution in [0.1, 0.15) is 17.5 Å². The first-order chi connectivity index (χ1) is 10.2. The number of anilines is 1. The lowest BCUT2D eigenvalue weighted by Gasteiger charge is -2.17. The number of hydrogen-bond donors (Lipinski definition) is 1. The molecule has 2 nitrogen and oxygen atoms in total. The van der Waals surface area contributed by atoms with Gasteiger partial charge < -0.3 is 0 Å². The molecule has 1 N–H and O–H groups in total. The topological polar surface area (TPSA) is 24.4 Å². The summed E-state index contributed by atoms with van der Waals surface area (Å²) in [4.78, 5) is 0. The zero-order chi connectivity index (χ0) is 14.7. The van der Waals surface area contributed by atoms with Crippen LogP contribution in [0.4, 0.5) is 10.1 Å². The van der Waals surface area contributed by atoms with E-state index in [1.807, 2.05) is 18.2 Å². The molecule has 0 radical (unpaired) electrons. The smallest absolute Gasteiger partial charge is 0.123 e. The molecular formula is C17H14ClFN2. The van der Waals surface area contributed by atoms with E-state index in [1.165, 1.54) is 17.7 Å². The van der Waals surface area contributed by atoms with Crippen molar-refractivity contribution >= 4 is 28.5 Å². The minimum absolute atomic E-state index is 0.265. The maximum absolute atomic E-state index is 12.8. The van der Waals surface area contributed by atoms with Crippen LogP contribution in [0.2, 0.25) is 0 Å². The van der Waals surface area contributed by atoms with Crippen LogP contribution in [0.5, 0.6) is 0 Å². The standard InChI is InChI=1S/C17H14ClFN2/c18-17-13(6-5-12-3-1-2-4-16(12)17)11-20-21-15-9-7-14(19)8-10-15/h1-4,7-11,21H,5-6H2/b20-11-. The summed E-state index contributed by atoms with van der Waals surface area (Å²) in [6, 6.07) is 14.2. The van der Waals surface area contributed by atoms with Gasteiger partial charge in [0.2, 0.25) is 0 Å². The fourth-order valence-electron chi connectivity index (χ4n) is 2.33. The van der Waals surface area contributed by atoms with E-state index >= 15 is 0 Å². The summed E-state index contributed by atoms with van der Waals surface area (Å²) in [6.07, 6.45) is 3.57. The third-order valence-electron chi connectivity index (χ3n) is 3.46. The lowest BCUT2D eigenvalue weighted by Crippen LogP contribution is -2.04. The highest BCUT2D eigenvalue weighted by Crippen LogP contribution is 2.33. The Morgan fingerprint density at radius 1 is 1.05 bits per heavy atom. The van der Waals surface area contributed by atoms with Gasteiger partial charge >= 0.3 is 0 Å². The van der Waals surface area contributed by atoms with Gasteiger partial charge in [0, 0.05) is 0 Å². The zero-order valence-electron chi connectivity index (χ0n) is 11.3. The van der Waals surface area contributed by atoms with E-state index in [-0.39, 0.29) is 5.82 Å². The molecule has 1 aliphatic carbocycles. The van der Waals surface area contributed by atoms with Crippen molar-refractivity contribution in [3.8, 4) is 0 Å². The van der Waals surface area contributed by atoms with E-state index in [0.717, 1.165) is 34.7 Å². The summed E-state index contributed by atoms with van der Waals surface area (Å²) in [5.41, 5.74) is 6.96. The second-order valence-electron chi connectivity index (χ2n) is 4.87. The second-order valence-corrected chi connectivity index (χ2v) is 5.25. The monoisotopic (exact) mass is 300 g/mol. The fourth-order valence-corrected chi connectivity index (χ4v) is 2.66. The number of nitrogens with zero attached hydrogens (tertiary/aromatic N) is 1. The number of rotatable bonds is 3. The van der Waals surface area contributed by atoms with Gasteiger partial charge in [0.1, 0.15) is 5.82 Å². The number of fused-ring (bicyclic) bond motifs is 1. The molecular weight excluding hydrogens is 287 g/mol. The van der Waals surface area contributed by atoms with Crippen LogP contribution >= 0.6 is 11.6 Å². The first-order valence-corrected chi connectivity index (χ1v) is 7.13. The Morgan fingerprint density at radius 2 is 1.81 bits per heavy atom. The van der Waals surface area contributed by atoms with Crippen LogP contribution in [0.25, 0.3) is 5.03 Å². The van der Waals surface area contributed by atoms with Crippen LogP contribution in [-0.4, -0.2) is 6.21 Å². The highest BCUT2D eigenvalue weighted by atomic mass is 35.5. The van der Waals surface area contributed by atoms with Crippen molar-refractivity contribution in [2.24, 2.45) is 5.10 Å². The Hall–Kier alpha value is -2.13. The normalized spacial score (nSPS) is 14.4. The molecule has 0 fully saturated rings. The molecule has 0 unspecified atom stereocenters. The predicted molar refractivity (Wildman–Crippen MR) is 86.1 cm³/mol. The fraction of sp³-hybridized carbons (Fsp3) is 0.118. The molecule has 4 heteroatoms. The lowest BCUT2D eigenvalue weighted by atomic mass is 9.92. The number of halogens is 2. The molecule has 2 aromatic carbocycles. The van der Waals surface area contributed by atoms with Gasteiger partial charge in [-0.3, -0.25) is 5.43 Å². The Morgan fingerprint density at radius 3 is 2.62 bits per heavy atom. The summed E-state index contributed by atoms with van der Waals surface area (Å²) < 4.78 is 12.8. The van der Waals surface area contributed by atoms with Crippen LogP contribution in [0.3, 0.4) is 0 Å². The van der Waals surface area contributed by atoms with Crippen molar-refractivity contribution in [1.82, 2.24) is 0 Å². The Labute approximate surface area is 128 Å².